The van der Waals surface area contributed by atoms with Gasteiger partial charge < -0.3 is 5.32 Å². The number of likely N-dealkylation sites (N-methyl/N-ethyl adjacent to an activating group) is 1. The fourth-order valence-corrected chi connectivity index (χ4v) is 4.09. The molecule has 112 valence electrons. The molecular weight excluding hydrogens is 234 g/mol. The molecule has 1 N–H and O–H groups in total. The lowest BCUT2D eigenvalue weighted by Gasteiger charge is -2.47. The molecule has 2 heterocycles. The van der Waals surface area contributed by atoms with Crippen LogP contribution in [-0.4, -0.2) is 61.7 Å². The maximum atomic E-state index is 3.53. The zero-order valence-electron chi connectivity index (χ0n) is 13.4. The third-order valence-corrected chi connectivity index (χ3v) is 5.44. The second kappa shape index (κ2) is 6.55. The van der Waals surface area contributed by atoms with Crippen molar-refractivity contribution in [1.82, 2.24) is 15.1 Å². The summed E-state index contributed by atoms with van der Waals surface area (Å²) in [5.41, 5.74) is 0.593. The normalized spacial score (nSPS) is 33.5. The highest BCUT2D eigenvalue weighted by Gasteiger charge is 2.35. The number of piperidine rings is 1. The van der Waals surface area contributed by atoms with E-state index in [2.05, 4.69) is 42.9 Å². The first-order valence-electron chi connectivity index (χ1n) is 8.21. The monoisotopic (exact) mass is 267 g/mol. The van der Waals surface area contributed by atoms with Crippen molar-refractivity contribution in [3.05, 3.63) is 0 Å². The van der Waals surface area contributed by atoms with Gasteiger partial charge in [0.05, 0.1) is 0 Å². The Morgan fingerprint density at radius 3 is 2.21 bits per heavy atom. The lowest BCUT2D eigenvalue weighted by Crippen LogP contribution is -2.57. The number of hydrogen-bond acceptors (Lipinski definition) is 3. The standard InChI is InChI=1S/C16H33N3/c1-5-6-16(7-9-17-10-8-16)13-19-11-14(2)18(4)15(3)12-19/h14-15,17H,5-13H2,1-4H3. The molecule has 19 heavy (non-hydrogen) atoms. The van der Waals surface area contributed by atoms with E-state index in [4.69, 9.17) is 0 Å². The first-order chi connectivity index (χ1) is 9.06. The molecule has 0 aromatic rings. The summed E-state index contributed by atoms with van der Waals surface area (Å²) in [6.45, 7) is 13.4. The molecule has 2 saturated heterocycles. The fourth-order valence-electron chi connectivity index (χ4n) is 4.09. The molecule has 2 aliphatic rings. The van der Waals surface area contributed by atoms with E-state index in [0.717, 1.165) is 0 Å². The summed E-state index contributed by atoms with van der Waals surface area (Å²) in [6.07, 6.45) is 5.48. The van der Waals surface area contributed by atoms with Gasteiger partial charge in [-0.05, 0) is 58.7 Å². The number of nitrogens with one attached hydrogen (secondary N) is 1. The lowest BCUT2D eigenvalue weighted by molar-refractivity contribution is 0.0187. The van der Waals surface area contributed by atoms with Gasteiger partial charge in [0.25, 0.3) is 0 Å². The van der Waals surface area contributed by atoms with Gasteiger partial charge in [-0.25, -0.2) is 0 Å². The van der Waals surface area contributed by atoms with Crippen LogP contribution >= 0.6 is 0 Å². The molecule has 2 aliphatic heterocycles. The largest absolute Gasteiger partial charge is 0.317 e. The third kappa shape index (κ3) is 3.71. The highest BCUT2D eigenvalue weighted by atomic mass is 15.3. The van der Waals surface area contributed by atoms with Crippen molar-refractivity contribution >= 4 is 0 Å². The Balaban J connectivity index is 1.97. The summed E-state index contributed by atoms with van der Waals surface area (Å²) in [4.78, 5) is 5.28. The van der Waals surface area contributed by atoms with E-state index < -0.39 is 0 Å². The Bertz CT molecular complexity index is 256. The Morgan fingerprint density at radius 1 is 1.11 bits per heavy atom. The van der Waals surface area contributed by atoms with Crippen LogP contribution in [0.2, 0.25) is 0 Å². The van der Waals surface area contributed by atoms with Crippen LogP contribution in [0.1, 0.15) is 46.5 Å². The molecule has 0 spiro atoms. The average molecular weight is 267 g/mol. The highest BCUT2D eigenvalue weighted by Crippen LogP contribution is 2.35. The van der Waals surface area contributed by atoms with E-state index >= 15 is 0 Å². The quantitative estimate of drug-likeness (QED) is 0.842. The number of hydrogen-bond donors (Lipinski definition) is 1. The zero-order chi connectivity index (χ0) is 13.9. The van der Waals surface area contributed by atoms with Gasteiger partial charge >= 0.3 is 0 Å². The molecule has 2 rings (SSSR count). The lowest BCUT2D eigenvalue weighted by atomic mass is 9.74. The van der Waals surface area contributed by atoms with E-state index in [1.54, 1.807) is 0 Å². The molecule has 0 saturated carbocycles. The van der Waals surface area contributed by atoms with Crippen molar-refractivity contribution in [1.29, 1.82) is 0 Å². The van der Waals surface area contributed by atoms with Crippen molar-refractivity contribution in [2.75, 3.05) is 39.8 Å². The second-order valence-electron chi connectivity index (χ2n) is 7.06. The molecule has 0 bridgehead atoms. The van der Waals surface area contributed by atoms with E-state index in [-0.39, 0.29) is 0 Å². The SMILES string of the molecule is CCCC1(CN2CC(C)N(C)C(C)C2)CCNCC1. The van der Waals surface area contributed by atoms with Gasteiger partial charge in [0.1, 0.15) is 0 Å². The molecule has 2 fully saturated rings. The van der Waals surface area contributed by atoms with Crippen LogP contribution in [0, 0.1) is 5.41 Å². The first kappa shape index (κ1) is 15.3. The second-order valence-corrected chi connectivity index (χ2v) is 7.06. The van der Waals surface area contributed by atoms with Crippen molar-refractivity contribution in [3.8, 4) is 0 Å². The summed E-state index contributed by atoms with van der Waals surface area (Å²) in [5, 5.41) is 3.53. The van der Waals surface area contributed by atoms with Gasteiger partial charge in [-0.3, -0.25) is 9.80 Å². The predicted octanol–water partition coefficient (Wildman–Crippen LogP) is 2.18. The number of rotatable bonds is 4. The maximum absolute atomic E-state index is 3.53. The molecule has 3 nitrogen and oxygen atoms in total. The molecule has 0 amide bonds. The summed E-state index contributed by atoms with van der Waals surface area (Å²) in [5.74, 6) is 0. The smallest absolute Gasteiger partial charge is 0.0195 e. The minimum Gasteiger partial charge on any atom is -0.317 e. The van der Waals surface area contributed by atoms with Crippen molar-refractivity contribution in [3.63, 3.8) is 0 Å². The van der Waals surface area contributed by atoms with Crippen LogP contribution in [0.15, 0.2) is 0 Å². The molecule has 0 aromatic carbocycles. The molecule has 0 aliphatic carbocycles. The van der Waals surface area contributed by atoms with Crippen LogP contribution in [-0.2, 0) is 0 Å². The minimum atomic E-state index is 0.593. The van der Waals surface area contributed by atoms with Gasteiger partial charge in [0.15, 0.2) is 0 Å². The summed E-state index contributed by atoms with van der Waals surface area (Å²) in [7, 11) is 2.28. The molecule has 2 atom stereocenters. The molecular formula is C16H33N3. The van der Waals surface area contributed by atoms with Crippen molar-refractivity contribution in [2.45, 2.75) is 58.5 Å². The Hall–Kier alpha value is -0.120. The Kier molecular flexibility index (Phi) is 5.27. The van der Waals surface area contributed by atoms with Crippen LogP contribution in [0.5, 0.6) is 0 Å². The minimum absolute atomic E-state index is 0.593. The van der Waals surface area contributed by atoms with E-state index in [1.165, 1.54) is 58.4 Å². The molecule has 0 aromatic heterocycles. The van der Waals surface area contributed by atoms with Gasteiger partial charge in [0, 0.05) is 31.7 Å². The Morgan fingerprint density at radius 2 is 1.68 bits per heavy atom. The summed E-state index contributed by atoms with van der Waals surface area (Å²) in [6, 6.07) is 1.40. The number of piperazine rings is 1. The van der Waals surface area contributed by atoms with Crippen molar-refractivity contribution < 1.29 is 0 Å². The van der Waals surface area contributed by atoms with E-state index in [1.807, 2.05) is 0 Å². The van der Waals surface area contributed by atoms with E-state index in [9.17, 15) is 0 Å². The molecule has 3 heteroatoms. The number of nitrogens with zero attached hydrogens (tertiary/aromatic N) is 2. The third-order valence-electron chi connectivity index (χ3n) is 5.44. The fraction of sp³-hybridized carbons (Fsp3) is 1.00. The predicted molar refractivity (Wildman–Crippen MR) is 82.6 cm³/mol. The Labute approximate surface area is 119 Å². The van der Waals surface area contributed by atoms with E-state index in [0.29, 0.717) is 17.5 Å². The van der Waals surface area contributed by atoms with Gasteiger partial charge in [-0.15, -0.1) is 0 Å². The zero-order valence-corrected chi connectivity index (χ0v) is 13.4. The van der Waals surface area contributed by atoms with Crippen LogP contribution < -0.4 is 5.32 Å². The van der Waals surface area contributed by atoms with Gasteiger partial charge in [-0.2, -0.15) is 0 Å². The van der Waals surface area contributed by atoms with Gasteiger partial charge in [0.2, 0.25) is 0 Å². The maximum Gasteiger partial charge on any atom is 0.0195 e. The van der Waals surface area contributed by atoms with Crippen molar-refractivity contribution in [2.24, 2.45) is 5.41 Å². The topological polar surface area (TPSA) is 18.5 Å². The average Bonchev–Trinajstić information content (AvgIpc) is 2.37. The van der Waals surface area contributed by atoms with Crippen LogP contribution in [0.3, 0.4) is 0 Å². The van der Waals surface area contributed by atoms with Crippen LogP contribution in [0.25, 0.3) is 0 Å². The summed E-state index contributed by atoms with van der Waals surface area (Å²) >= 11 is 0. The summed E-state index contributed by atoms with van der Waals surface area (Å²) < 4.78 is 0. The highest BCUT2D eigenvalue weighted by molar-refractivity contribution is 4.91. The first-order valence-corrected chi connectivity index (χ1v) is 8.21. The molecule has 2 unspecified atom stereocenters. The molecule has 0 radical (unpaired) electrons. The van der Waals surface area contributed by atoms with Gasteiger partial charge in [-0.1, -0.05) is 13.3 Å². The van der Waals surface area contributed by atoms with Crippen LogP contribution in [0.4, 0.5) is 0 Å².